The summed E-state index contributed by atoms with van der Waals surface area (Å²) in [5.74, 6) is 1.56. The van der Waals surface area contributed by atoms with E-state index in [-0.39, 0.29) is 0 Å². The van der Waals surface area contributed by atoms with E-state index in [4.69, 9.17) is 0 Å². The lowest BCUT2D eigenvalue weighted by Crippen LogP contribution is -2.37. The number of unbranched alkanes of at least 4 members (excludes halogenated alkanes) is 19. The van der Waals surface area contributed by atoms with E-state index in [1.54, 1.807) is 5.82 Å². The molecule has 1 aromatic rings. The Labute approximate surface area is 208 Å². The zero-order valence-electron chi connectivity index (χ0n) is 23.4. The molecule has 0 aliphatic heterocycles. The minimum absolute atomic E-state index is 0.572. The highest BCUT2D eigenvalue weighted by molar-refractivity contribution is 4.86. The topological polar surface area (TPSA) is 8.81 Å². The minimum atomic E-state index is 0.572. The molecule has 0 bridgehead atoms. The molecule has 1 rings (SSSR count). The molecule has 194 valence electrons. The third kappa shape index (κ3) is 15.7. The van der Waals surface area contributed by atoms with Gasteiger partial charge in [-0.3, -0.25) is 0 Å². The predicted octanol–water partition coefficient (Wildman–Crippen LogP) is 10.1. The lowest BCUT2D eigenvalue weighted by atomic mass is 10.0. The van der Waals surface area contributed by atoms with E-state index in [9.17, 15) is 0 Å². The van der Waals surface area contributed by atoms with Gasteiger partial charge in [-0.1, -0.05) is 129 Å². The van der Waals surface area contributed by atoms with E-state index in [0.29, 0.717) is 6.04 Å². The monoisotopic (exact) mass is 461 g/mol. The Morgan fingerprint density at radius 2 is 0.970 bits per heavy atom. The average Bonchev–Trinajstić information content (AvgIpc) is 3.21. The molecule has 0 saturated heterocycles. The number of hydrogen-bond acceptors (Lipinski definition) is 0. The third-order valence-corrected chi connectivity index (χ3v) is 7.35. The second kappa shape index (κ2) is 21.7. The van der Waals surface area contributed by atoms with Gasteiger partial charge in [0.25, 0.3) is 5.82 Å². The highest BCUT2D eigenvalue weighted by Gasteiger charge is 2.18. The van der Waals surface area contributed by atoms with Crippen molar-refractivity contribution < 1.29 is 4.57 Å². The number of aryl methyl sites for hydroxylation is 1. The van der Waals surface area contributed by atoms with Crippen molar-refractivity contribution in [3.8, 4) is 0 Å². The fraction of sp³-hybridized carbons (Fsp3) is 0.903. The van der Waals surface area contributed by atoms with Crippen LogP contribution in [0.4, 0.5) is 0 Å². The van der Waals surface area contributed by atoms with E-state index in [1.165, 1.54) is 148 Å². The molecule has 0 saturated carbocycles. The van der Waals surface area contributed by atoms with E-state index >= 15 is 0 Å². The van der Waals surface area contributed by atoms with Gasteiger partial charge in [-0.2, -0.15) is 0 Å². The second-order valence-corrected chi connectivity index (χ2v) is 10.9. The van der Waals surface area contributed by atoms with Gasteiger partial charge < -0.3 is 0 Å². The van der Waals surface area contributed by atoms with Crippen LogP contribution in [0.2, 0.25) is 0 Å². The minimum Gasteiger partial charge on any atom is -0.234 e. The largest absolute Gasteiger partial charge is 0.256 e. The lowest BCUT2D eigenvalue weighted by Gasteiger charge is -2.08. The van der Waals surface area contributed by atoms with Crippen LogP contribution in [0.5, 0.6) is 0 Å². The molecule has 0 radical (unpaired) electrons. The van der Waals surface area contributed by atoms with E-state index in [2.05, 4.69) is 49.2 Å². The van der Waals surface area contributed by atoms with Crippen LogP contribution in [0.1, 0.15) is 174 Å². The van der Waals surface area contributed by atoms with Crippen LogP contribution < -0.4 is 4.57 Å². The van der Waals surface area contributed by atoms with Crippen molar-refractivity contribution in [2.45, 2.75) is 182 Å². The summed E-state index contributed by atoms with van der Waals surface area (Å²) >= 11 is 0. The summed E-state index contributed by atoms with van der Waals surface area (Å²) in [7, 11) is 0. The Balaban J connectivity index is 2.00. The lowest BCUT2D eigenvalue weighted by molar-refractivity contribution is -0.704. The summed E-state index contributed by atoms with van der Waals surface area (Å²) in [5, 5.41) is 0. The molecule has 33 heavy (non-hydrogen) atoms. The molecular formula is C31H61N2+. The predicted molar refractivity (Wildman–Crippen MR) is 147 cm³/mol. The summed E-state index contributed by atoms with van der Waals surface area (Å²) in [6, 6.07) is 0.572. The van der Waals surface area contributed by atoms with Gasteiger partial charge in [0.2, 0.25) is 0 Å². The quantitative estimate of drug-likeness (QED) is 0.107. The Hall–Kier alpha value is -0.790. The Morgan fingerprint density at radius 1 is 0.576 bits per heavy atom. The van der Waals surface area contributed by atoms with Crippen LogP contribution in [0, 0.1) is 0 Å². The SMILES string of the molecule is CCCCCCCCCCCCCCCCCCCc1n(C(C)C)cc[n+]1CCCCCC. The van der Waals surface area contributed by atoms with Crippen molar-refractivity contribution in [1.82, 2.24) is 4.57 Å². The van der Waals surface area contributed by atoms with Crippen molar-refractivity contribution in [2.75, 3.05) is 0 Å². The van der Waals surface area contributed by atoms with Gasteiger partial charge in [0.1, 0.15) is 12.4 Å². The molecule has 1 aromatic heterocycles. The smallest absolute Gasteiger partial charge is 0.234 e. The zero-order chi connectivity index (χ0) is 24.0. The Kier molecular flexibility index (Phi) is 19.9. The van der Waals surface area contributed by atoms with E-state index in [0.717, 1.165) is 0 Å². The molecule has 0 atom stereocenters. The van der Waals surface area contributed by atoms with Crippen molar-refractivity contribution in [3.05, 3.63) is 18.2 Å². The number of aromatic nitrogens is 2. The summed E-state index contributed by atoms with van der Waals surface area (Å²) in [4.78, 5) is 0. The number of imidazole rings is 1. The van der Waals surface area contributed by atoms with Crippen LogP contribution in [0.3, 0.4) is 0 Å². The first-order valence-electron chi connectivity index (χ1n) is 15.3. The fourth-order valence-electron chi connectivity index (χ4n) is 5.14. The van der Waals surface area contributed by atoms with Gasteiger partial charge in [-0.25, -0.2) is 9.13 Å². The molecule has 1 heterocycles. The normalized spacial score (nSPS) is 11.7. The maximum atomic E-state index is 2.54. The van der Waals surface area contributed by atoms with Gasteiger partial charge in [0, 0.05) is 6.42 Å². The molecule has 0 spiro atoms. The molecule has 0 fully saturated rings. The molecule has 0 aromatic carbocycles. The number of nitrogens with zero attached hydrogens (tertiary/aromatic N) is 2. The third-order valence-electron chi connectivity index (χ3n) is 7.35. The van der Waals surface area contributed by atoms with Gasteiger partial charge in [-0.05, 0) is 33.1 Å². The van der Waals surface area contributed by atoms with Gasteiger partial charge in [-0.15, -0.1) is 0 Å². The zero-order valence-corrected chi connectivity index (χ0v) is 23.4. The van der Waals surface area contributed by atoms with Crippen molar-refractivity contribution >= 4 is 0 Å². The second-order valence-electron chi connectivity index (χ2n) is 10.9. The highest BCUT2D eigenvalue weighted by Crippen LogP contribution is 2.15. The molecule has 0 amide bonds. The average molecular weight is 462 g/mol. The van der Waals surface area contributed by atoms with Crippen LogP contribution in [0.25, 0.3) is 0 Å². The van der Waals surface area contributed by atoms with Crippen LogP contribution in [0.15, 0.2) is 12.4 Å². The summed E-state index contributed by atoms with van der Waals surface area (Å²) in [6.45, 7) is 10.4. The van der Waals surface area contributed by atoms with Crippen molar-refractivity contribution in [2.24, 2.45) is 0 Å². The van der Waals surface area contributed by atoms with E-state index < -0.39 is 0 Å². The summed E-state index contributed by atoms with van der Waals surface area (Å²) in [5.41, 5.74) is 0. The first kappa shape index (κ1) is 30.2. The Morgan fingerprint density at radius 3 is 1.39 bits per heavy atom. The molecular weight excluding hydrogens is 400 g/mol. The van der Waals surface area contributed by atoms with Gasteiger partial charge in [0.15, 0.2) is 0 Å². The van der Waals surface area contributed by atoms with Crippen LogP contribution >= 0.6 is 0 Å². The van der Waals surface area contributed by atoms with E-state index in [1.807, 2.05) is 0 Å². The molecule has 0 aliphatic carbocycles. The molecule has 2 heteroatoms. The molecule has 0 unspecified atom stereocenters. The first-order chi connectivity index (χ1) is 16.2. The van der Waals surface area contributed by atoms with Crippen molar-refractivity contribution in [1.29, 1.82) is 0 Å². The number of rotatable bonds is 24. The maximum absolute atomic E-state index is 2.54. The van der Waals surface area contributed by atoms with Crippen LogP contribution in [-0.2, 0) is 13.0 Å². The summed E-state index contributed by atoms with van der Waals surface area (Å²) < 4.78 is 5.05. The molecule has 0 aliphatic rings. The highest BCUT2D eigenvalue weighted by atomic mass is 15.2. The molecule has 0 N–H and O–H groups in total. The first-order valence-corrected chi connectivity index (χ1v) is 15.3. The van der Waals surface area contributed by atoms with Crippen molar-refractivity contribution in [3.63, 3.8) is 0 Å². The molecule has 2 nitrogen and oxygen atoms in total. The Bertz CT molecular complexity index is 531. The van der Waals surface area contributed by atoms with Gasteiger partial charge in [0.05, 0.1) is 12.6 Å². The van der Waals surface area contributed by atoms with Gasteiger partial charge >= 0.3 is 0 Å². The number of hydrogen-bond donors (Lipinski definition) is 0. The standard InChI is InChI=1S/C31H61N2/c1-5-7-9-11-12-13-14-15-16-17-18-19-20-21-22-23-24-26-31-32(27-25-10-8-6-2)28-29-33(31)30(3)4/h28-30H,5-27H2,1-4H3/q+1. The van der Waals surface area contributed by atoms with Crippen LogP contribution in [-0.4, -0.2) is 4.57 Å². The summed E-state index contributed by atoms with van der Waals surface area (Å²) in [6.07, 6.45) is 35.9. The maximum Gasteiger partial charge on any atom is 0.256 e. The fourth-order valence-corrected chi connectivity index (χ4v) is 5.14.